The third kappa shape index (κ3) is 5.49. The molecule has 1 aliphatic rings. The van der Waals surface area contributed by atoms with Crippen LogP contribution in [0.4, 0.5) is 8.78 Å². The summed E-state index contributed by atoms with van der Waals surface area (Å²) in [6, 6.07) is 3.18. The van der Waals surface area contributed by atoms with Gasteiger partial charge in [0.15, 0.2) is 9.84 Å². The minimum absolute atomic E-state index is 0.0245. The van der Waals surface area contributed by atoms with Crippen molar-refractivity contribution in [3.8, 4) is 0 Å². The third-order valence-corrected chi connectivity index (χ3v) is 6.73. The SMILES string of the molecule is CC(c1c(F)cccc1F)S(=O)(=O)CC(=O)NC1CCCCCCC1. The molecule has 1 aromatic carbocycles. The lowest BCUT2D eigenvalue weighted by molar-refractivity contribution is -0.119. The second-order valence-corrected chi connectivity index (χ2v) is 9.02. The number of hydrogen-bond acceptors (Lipinski definition) is 3. The summed E-state index contributed by atoms with van der Waals surface area (Å²) in [5.41, 5.74) is -0.513. The summed E-state index contributed by atoms with van der Waals surface area (Å²) in [5, 5.41) is 1.35. The maximum absolute atomic E-state index is 13.8. The molecule has 1 N–H and O–H groups in total. The number of sulfone groups is 1. The number of nitrogens with one attached hydrogen (secondary N) is 1. The van der Waals surface area contributed by atoms with Crippen molar-refractivity contribution in [3.63, 3.8) is 0 Å². The molecular formula is C18H25F2NO3S. The van der Waals surface area contributed by atoms with E-state index in [0.29, 0.717) is 0 Å². The van der Waals surface area contributed by atoms with E-state index in [0.717, 1.165) is 50.7 Å². The van der Waals surface area contributed by atoms with Gasteiger partial charge < -0.3 is 5.32 Å². The van der Waals surface area contributed by atoms with E-state index in [9.17, 15) is 22.0 Å². The van der Waals surface area contributed by atoms with Crippen molar-refractivity contribution in [1.29, 1.82) is 0 Å². The Labute approximate surface area is 147 Å². The highest BCUT2D eigenvalue weighted by atomic mass is 32.2. The quantitative estimate of drug-likeness (QED) is 0.857. The summed E-state index contributed by atoms with van der Waals surface area (Å²) < 4.78 is 52.5. The average Bonchev–Trinajstić information content (AvgIpc) is 2.49. The molecule has 1 fully saturated rings. The molecule has 0 aromatic heterocycles. The average molecular weight is 373 g/mol. The molecular weight excluding hydrogens is 348 g/mol. The Morgan fingerprint density at radius 1 is 1.12 bits per heavy atom. The van der Waals surface area contributed by atoms with E-state index in [-0.39, 0.29) is 6.04 Å². The zero-order chi connectivity index (χ0) is 18.4. The second kappa shape index (κ2) is 8.74. The first-order valence-electron chi connectivity index (χ1n) is 8.76. The number of carbonyl (C=O) groups is 1. The predicted molar refractivity (Wildman–Crippen MR) is 92.8 cm³/mol. The van der Waals surface area contributed by atoms with E-state index in [1.807, 2.05) is 0 Å². The molecule has 1 saturated carbocycles. The Hall–Kier alpha value is -1.50. The summed E-state index contributed by atoms with van der Waals surface area (Å²) in [5.74, 6) is -3.21. The molecule has 1 amide bonds. The van der Waals surface area contributed by atoms with Crippen molar-refractivity contribution in [1.82, 2.24) is 5.32 Å². The van der Waals surface area contributed by atoms with Crippen LogP contribution in [0.2, 0.25) is 0 Å². The number of halogens is 2. The number of carbonyl (C=O) groups excluding carboxylic acids is 1. The molecule has 2 rings (SSSR count). The fourth-order valence-electron chi connectivity index (χ4n) is 3.26. The van der Waals surface area contributed by atoms with E-state index in [4.69, 9.17) is 0 Å². The third-order valence-electron chi connectivity index (χ3n) is 4.75. The van der Waals surface area contributed by atoms with Gasteiger partial charge in [0.1, 0.15) is 17.4 Å². The Kier molecular flexibility index (Phi) is 6.93. The fraction of sp³-hybridized carbons (Fsp3) is 0.611. The Morgan fingerprint density at radius 2 is 1.64 bits per heavy atom. The standard InChI is InChI=1S/C18H25F2NO3S/c1-13(18-15(19)10-7-11-16(18)20)25(23,24)12-17(22)21-14-8-5-3-2-4-6-9-14/h7,10-11,13-14H,2-6,8-9,12H2,1H3,(H,21,22). The summed E-state index contributed by atoms with van der Waals surface area (Å²) in [7, 11) is -4.02. The fourth-order valence-corrected chi connectivity index (χ4v) is 4.54. The maximum Gasteiger partial charge on any atom is 0.235 e. The van der Waals surface area contributed by atoms with Crippen molar-refractivity contribution >= 4 is 15.7 Å². The first-order chi connectivity index (χ1) is 11.8. The molecule has 1 unspecified atom stereocenters. The van der Waals surface area contributed by atoms with E-state index >= 15 is 0 Å². The minimum Gasteiger partial charge on any atom is -0.352 e. The molecule has 140 valence electrons. The van der Waals surface area contributed by atoms with Gasteiger partial charge in [-0.3, -0.25) is 4.79 Å². The smallest absolute Gasteiger partial charge is 0.235 e. The van der Waals surface area contributed by atoms with Crippen LogP contribution in [0, 0.1) is 11.6 Å². The van der Waals surface area contributed by atoms with Gasteiger partial charge >= 0.3 is 0 Å². The minimum atomic E-state index is -4.02. The zero-order valence-electron chi connectivity index (χ0n) is 14.4. The molecule has 1 aromatic rings. The van der Waals surface area contributed by atoms with E-state index in [2.05, 4.69) is 5.32 Å². The van der Waals surface area contributed by atoms with Gasteiger partial charge in [0, 0.05) is 11.6 Å². The normalized spacial score (nSPS) is 18.2. The summed E-state index contributed by atoms with van der Waals surface area (Å²) in [4.78, 5) is 12.2. The summed E-state index contributed by atoms with van der Waals surface area (Å²) in [6.45, 7) is 1.21. The van der Waals surface area contributed by atoms with Crippen molar-refractivity contribution < 1.29 is 22.0 Å². The van der Waals surface area contributed by atoms with Gasteiger partial charge in [0.05, 0.1) is 5.25 Å². The monoisotopic (exact) mass is 373 g/mol. The molecule has 1 atom stereocenters. The van der Waals surface area contributed by atoms with Gasteiger partial charge in [-0.15, -0.1) is 0 Å². The molecule has 0 saturated heterocycles. The van der Waals surface area contributed by atoms with Crippen LogP contribution in [0.15, 0.2) is 18.2 Å². The second-order valence-electron chi connectivity index (χ2n) is 6.69. The number of benzene rings is 1. The molecule has 4 nitrogen and oxygen atoms in total. The van der Waals surface area contributed by atoms with Crippen molar-refractivity contribution in [3.05, 3.63) is 35.4 Å². The van der Waals surface area contributed by atoms with Gasteiger partial charge in [-0.2, -0.15) is 0 Å². The maximum atomic E-state index is 13.8. The van der Waals surface area contributed by atoms with E-state index < -0.39 is 43.9 Å². The highest BCUT2D eigenvalue weighted by molar-refractivity contribution is 7.92. The van der Waals surface area contributed by atoms with Gasteiger partial charge in [-0.1, -0.05) is 38.2 Å². The Morgan fingerprint density at radius 3 is 2.20 bits per heavy atom. The van der Waals surface area contributed by atoms with E-state index in [1.165, 1.54) is 19.4 Å². The van der Waals surface area contributed by atoms with E-state index in [1.54, 1.807) is 0 Å². The Balaban J connectivity index is 2.03. The molecule has 7 heteroatoms. The zero-order valence-corrected chi connectivity index (χ0v) is 15.2. The molecule has 0 heterocycles. The number of amides is 1. The molecule has 0 radical (unpaired) electrons. The van der Waals surface area contributed by atoms with Crippen molar-refractivity contribution in [2.45, 2.75) is 63.2 Å². The topological polar surface area (TPSA) is 63.2 Å². The number of hydrogen-bond donors (Lipinski definition) is 1. The van der Waals surface area contributed by atoms with Crippen molar-refractivity contribution in [2.24, 2.45) is 0 Å². The number of rotatable bonds is 5. The first kappa shape index (κ1) is 19.8. The van der Waals surface area contributed by atoms with Crippen LogP contribution in [0.3, 0.4) is 0 Å². The van der Waals surface area contributed by atoms with Crippen LogP contribution < -0.4 is 5.32 Å². The van der Waals surface area contributed by atoms with Crippen LogP contribution in [0.5, 0.6) is 0 Å². The lowest BCUT2D eigenvalue weighted by Crippen LogP contribution is -2.39. The lowest BCUT2D eigenvalue weighted by atomic mass is 9.97. The van der Waals surface area contributed by atoms with Crippen LogP contribution in [-0.4, -0.2) is 26.1 Å². The van der Waals surface area contributed by atoms with Crippen LogP contribution >= 0.6 is 0 Å². The molecule has 0 aliphatic heterocycles. The van der Waals surface area contributed by atoms with Gasteiger partial charge in [0.2, 0.25) is 5.91 Å². The summed E-state index contributed by atoms with van der Waals surface area (Å²) in [6.07, 6.45) is 7.12. The van der Waals surface area contributed by atoms with Gasteiger partial charge in [0.25, 0.3) is 0 Å². The largest absolute Gasteiger partial charge is 0.352 e. The van der Waals surface area contributed by atoms with Crippen LogP contribution in [0.1, 0.15) is 62.7 Å². The summed E-state index contributed by atoms with van der Waals surface area (Å²) >= 11 is 0. The first-order valence-corrected chi connectivity index (χ1v) is 10.5. The van der Waals surface area contributed by atoms with Crippen LogP contribution in [-0.2, 0) is 14.6 Å². The lowest BCUT2D eigenvalue weighted by Gasteiger charge is -2.21. The van der Waals surface area contributed by atoms with Gasteiger partial charge in [-0.05, 0) is 31.9 Å². The molecule has 25 heavy (non-hydrogen) atoms. The highest BCUT2D eigenvalue weighted by Crippen LogP contribution is 2.27. The van der Waals surface area contributed by atoms with Gasteiger partial charge in [-0.25, -0.2) is 17.2 Å². The van der Waals surface area contributed by atoms with Crippen LogP contribution in [0.25, 0.3) is 0 Å². The highest BCUT2D eigenvalue weighted by Gasteiger charge is 2.30. The molecule has 0 spiro atoms. The van der Waals surface area contributed by atoms with Crippen molar-refractivity contribution in [2.75, 3.05) is 5.75 Å². The predicted octanol–water partition coefficient (Wildman–Crippen LogP) is 3.67. The molecule has 1 aliphatic carbocycles. The molecule has 0 bridgehead atoms. The Bertz CT molecular complexity index is 678.